The van der Waals surface area contributed by atoms with Gasteiger partial charge in [-0.2, -0.15) is 5.10 Å². The molecule has 1 heterocycles. The van der Waals surface area contributed by atoms with Crippen molar-refractivity contribution in [2.24, 2.45) is 5.10 Å². The number of halogens is 1. The zero-order valence-corrected chi connectivity index (χ0v) is 17.3. The van der Waals surface area contributed by atoms with Crippen LogP contribution >= 0.6 is 15.9 Å². The summed E-state index contributed by atoms with van der Waals surface area (Å²) in [5.74, 6) is 0.591. The number of nitrogens with zero attached hydrogens (tertiary/aromatic N) is 2. The molecule has 9 heteroatoms. The summed E-state index contributed by atoms with van der Waals surface area (Å²) in [4.78, 5) is 12.1. The smallest absolute Gasteiger partial charge is 0.260 e. The van der Waals surface area contributed by atoms with Crippen LogP contribution in [-0.4, -0.2) is 33.3 Å². The van der Waals surface area contributed by atoms with Gasteiger partial charge in [0.25, 0.3) is 5.91 Å². The molecule has 2 rings (SSSR count). The van der Waals surface area contributed by atoms with Crippen LogP contribution < -0.4 is 9.73 Å². The van der Waals surface area contributed by atoms with Gasteiger partial charge in [-0.05, 0) is 60.0 Å². The molecule has 1 N–H and O–H groups in total. The number of anilines is 1. The molecule has 7 nitrogen and oxygen atoms in total. The van der Waals surface area contributed by atoms with Gasteiger partial charge in [0, 0.05) is 6.07 Å². The van der Waals surface area contributed by atoms with Crippen LogP contribution in [-0.2, 0) is 14.8 Å². The number of carbonyl (C=O) groups excluding carboxylic acids is 1. The summed E-state index contributed by atoms with van der Waals surface area (Å²) in [6, 6.07) is 7.07. The first kappa shape index (κ1) is 20.2. The molecule has 0 saturated carbocycles. The predicted octanol–water partition coefficient (Wildman–Crippen LogP) is 2.88. The molecule has 0 saturated heterocycles. The Bertz CT molecular complexity index is 911. The van der Waals surface area contributed by atoms with E-state index in [9.17, 15) is 13.2 Å². The molecule has 0 spiro atoms. The number of carbonyl (C=O) groups is 1. The zero-order valence-electron chi connectivity index (χ0n) is 14.9. The Morgan fingerprint density at radius 3 is 2.35 bits per heavy atom. The molecule has 1 aromatic carbocycles. The molecule has 0 aliphatic heterocycles. The van der Waals surface area contributed by atoms with Gasteiger partial charge in [0.2, 0.25) is 10.0 Å². The Morgan fingerprint density at radius 2 is 1.85 bits per heavy atom. The summed E-state index contributed by atoms with van der Waals surface area (Å²) in [5.41, 5.74) is 4.57. The fourth-order valence-corrected chi connectivity index (χ4v) is 3.52. The van der Waals surface area contributed by atoms with Crippen molar-refractivity contribution in [2.75, 3.05) is 17.1 Å². The molecule has 0 bridgehead atoms. The van der Waals surface area contributed by atoms with Crippen molar-refractivity contribution in [3.05, 3.63) is 51.4 Å². The fraction of sp³-hybridized carbons (Fsp3) is 0.294. The second-order valence-electron chi connectivity index (χ2n) is 5.96. The van der Waals surface area contributed by atoms with Crippen LogP contribution in [0.25, 0.3) is 0 Å². The van der Waals surface area contributed by atoms with Crippen molar-refractivity contribution in [3.63, 3.8) is 0 Å². The average molecular weight is 442 g/mol. The summed E-state index contributed by atoms with van der Waals surface area (Å²) < 4.78 is 31.4. The molecule has 0 atom stereocenters. The third kappa shape index (κ3) is 5.43. The third-order valence-corrected chi connectivity index (χ3v) is 5.37. The molecule has 0 unspecified atom stereocenters. The van der Waals surface area contributed by atoms with E-state index in [0.717, 1.165) is 26.2 Å². The lowest BCUT2D eigenvalue weighted by atomic mass is 10.1. The van der Waals surface area contributed by atoms with Crippen molar-refractivity contribution < 1.29 is 17.6 Å². The minimum absolute atomic E-state index is 0.375. The van der Waals surface area contributed by atoms with Gasteiger partial charge in [0.1, 0.15) is 18.1 Å². The monoisotopic (exact) mass is 441 g/mol. The van der Waals surface area contributed by atoms with Gasteiger partial charge in [0.05, 0.1) is 22.6 Å². The number of aryl methyl sites for hydroxylation is 3. The summed E-state index contributed by atoms with van der Waals surface area (Å²) in [6.07, 6.45) is 2.40. The van der Waals surface area contributed by atoms with Crippen molar-refractivity contribution in [1.82, 2.24) is 5.43 Å². The first-order chi connectivity index (χ1) is 12.1. The maximum Gasteiger partial charge on any atom is 0.260 e. The molecule has 0 fully saturated rings. The normalized spacial score (nSPS) is 11.7. The molecule has 0 aliphatic rings. The van der Waals surface area contributed by atoms with Gasteiger partial charge in [0.15, 0.2) is 0 Å². The number of rotatable bonds is 6. The molecular weight excluding hydrogens is 422 g/mol. The van der Waals surface area contributed by atoms with Crippen LogP contribution in [0.15, 0.2) is 38.3 Å². The molecule has 140 valence electrons. The van der Waals surface area contributed by atoms with Crippen LogP contribution in [0.2, 0.25) is 0 Å². The highest BCUT2D eigenvalue weighted by atomic mass is 79.9. The first-order valence-corrected chi connectivity index (χ1v) is 10.3. The second kappa shape index (κ2) is 8.05. The lowest BCUT2D eigenvalue weighted by Gasteiger charge is -2.22. The van der Waals surface area contributed by atoms with Crippen molar-refractivity contribution >= 4 is 43.8 Å². The summed E-state index contributed by atoms with van der Waals surface area (Å²) in [7, 11) is -3.63. The van der Waals surface area contributed by atoms with E-state index >= 15 is 0 Å². The maximum atomic E-state index is 12.1. The number of hydrogen-bond acceptors (Lipinski definition) is 5. The van der Waals surface area contributed by atoms with E-state index in [2.05, 4.69) is 26.5 Å². The van der Waals surface area contributed by atoms with Gasteiger partial charge in [-0.15, -0.1) is 0 Å². The molecular formula is C17H20BrN3O4S. The molecule has 0 radical (unpaired) electrons. The molecule has 0 aliphatic carbocycles. The Balaban J connectivity index is 2.12. The van der Waals surface area contributed by atoms with Gasteiger partial charge in [-0.1, -0.05) is 6.07 Å². The zero-order chi connectivity index (χ0) is 19.5. The first-order valence-electron chi connectivity index (χ1n) is 7.70. The third-order valence-electron chi connectivity index (χ3n) is 3.44. The Hall–Kier alpha value is -2.13. The lowest BCUT2D eigenvalue weighted by Crippen LogP contribution is -2.39. The van der Waals surface area contributed by atoms with E-state index in [1.54, 1.807) is 25.1 Å². The van der Waals surface area contributed by atoms with Gasteiger partial charge < -0.3 is 4.42 Å². The fourth-order valence-electron chi connectivity index (χ4n) is 2.37. The van der Waals surface area contributed by atoms with Gasteiger partial charge in [-0.3, -0.25) is 9.10 Å². The lowest BCUT2D eigenvalue weighted by molar-refractivity contribution is -0.119. The van der Waals surface area contributed by atoms with Crippen molar-refractivity contribution in [1.29, 1.82) is 0 Å². The van der Waals surface area contributed by atoms with E-state index in [-0.39, 0.29) is 6.54 Å². The molecule has 2 aromatic rings. The Kier molecular flexibility index (Phi) is 6.25. The number of sulfonamides is 1. The number of furan rings is 1. The highest BCUT2D eigenvalue weighted by molar-refractivity contribution is 9.10. The van der Waals surface area contributed by atoms with E-state index in [1.807, 2.05) is 19.9 Å². The number of hydrazone groups is 1. The summed E-state index contributed by atoms with van der Waals surface area (Å²) in [6.45, 7) is 5.14. The largest absolute Gasteiger partial charge is 0.459 e. The summed E-state index contributed by atoms with van der Waals surface area (Å²) in [5, 5.41) is 3.80. The number of hydrogen-bond donors (Lipinski definition) is 1. The van der Waals surface area contributed by atoms with Crippen LogP contribution in [0, 0.1) is 20.8 Å². The number of nitrogens with one attached hydrogen (secondary N) is 1. The molecule has 1 aromatic heterocycles. The van der Waals surface area contributed by atoms with Crippen molar-refractivity contribution in [3.8, 4) is 0 Å². The quantitative estimate of drug-likeness (QED) is 0.550. The number of benzene rings is 1. The van der Waals surface area contributed by atoms with Crippen LogP contribution in [0.4, 0.5) is 5.69 Å². The molecule has 1 amide bonds. The minimum Gasteiger partial charge on any atom is -0.459 e. The Labute approximate surface area is 161 Å². The van der Waals surface area contributed by atoms with E-state index in [4.69, 9.17) is 4.42 Å². The minimum atomic E-state index is -3.63. The van der Waals surface area contributed by atoms with Crippen LogP contribution in [0.3, 0.4) is 0 Å². The van der Waals surface area contributed by atoms with E-state index < -0.39 is 15.9 Å². The number of amides is 1. The highest BCUT2D eigenvalue weighted by Crippen LogP contribution is 2.21. The Morgan fingerprint density at radius 1 is 1.23 bits per heavy atom. The maximum absolute atomic E-state index is 12.1. The second-order valence-corrected chi connectivity index (χ2v) is 8.72. The van der Waals surface area contributed by atoms with Gasteiger partial charge >= 0.3 is 0 Å². The predicted molar refractivity (Wildman–Crippen MR) is 105 cm³/mol. The highest BCUT2D eigenvalue weighted by Gasteiger charge is 2.21. The molecule has 26 heavy (non-hydrogen) atoms. The standard InChI is InChI=1S/C17H20BrN3O4S/c1-11-5-12(2)7-14(6-11)21(26(4,23)24)10-17(22)20-19-9-15-8-16(18)13(3)25-15/h5-9H,10H2,1-4H3,(H,20,22)/b19-9-. The van der Waals surface area contributed by atoms with E-state index in [1.165, 1.54) is 6.21 Å². The summed E-state index contributed by atoms with van der Waals surface area (Å²) >= 11 is 3.31. The van der Waals surface area contributed by atoms with Gasteiger partial charge in [-0.25, -0.2) is 13.8 Å². The van der Waals surface area contributed by atoms with Crippen molar-refractivity contribution in [2.45, 2.75) is 20.8 Å². The van der Waals surface area contributed by atoms with Crippen LogP contribution in [0.1, 0.15) is 22.6 Å². The van der Waals surface area contributed by atoms with E-state index in [0.29, 0.717) is 17.2 Å². The van der Waals surface area contributed by atoms with Crippen LogP contribution in [0.5, 0.6) is 0 Å². The SMILES string of the molecule is Cc1cc(C)cc(N(CC(=O)N/N=C\c2cc(Br)c(C)o2)S(C)(=O)=O)c1. The average Bonchev–Trinajstić information content (AvgIpc) is 2.81. The topological polar surface area (TPSA) is 92.0 Å².